The summed E-state index contributed by atoms with van der Waals surface area (Å²) in [5.74, 6) is 0.652. The van der Waals surface area contributed by atoms with Crippen LogP contribution in [0.15, 0.2) is 24.3 Å². The Labute approximate surface area is 109 Å². The van der Waals surface area contributed by atoms with Crippen molar-refractivity contribution in [3.05, 3.63) is 35.4 Å². The van der Waals surface area contributed by atoms with Crippen LogP contribution in [0, 0.1) is 5.92 Å². The Bertz CT molecular complexity index is 507. The molecule has 2 rings (SSSR count). The highest BCUT2D eigenvalue weighted by Crippen LogP contribution is 2.27. The Balaban J connectivity index is 2.03. The van der Waals surface area contributed by atoms with Crippen molar-refractivity contribution in [2.75, 3.05) is 0 Å². The smallest absolute Gasteiger partial charge is 0.216 e. The number of rotatable bonds is 5. The van der Waals surface area contributed by atoms with Crippen LogP contribution in [0.1, 0.15) is 30.9 Å². The van der Waals surface area contributed by atoms with Crippen molar-refractivity contribution in [1.82, 2.24) is 4.72 Å². The lowest BCUT2D eigenvalue weighted by Gasteiger charge is -2.33. The molecule has 0 heterocycles. The van der Waals surface area contributed by atoms with E-state index in [1.54, 1.807) is 0 Å². The van der Waals surface area contributed by atoms with Crippen molar-refractivity contribution in [1.29, 1.82) is 0 Å². The van der Waals surface area contributed by atoms with Crippen LogP contribution in [0.4, 0.5) is 0 Å². The quantitative estimate of drug-likeness (QED) is 0.847. The monoisotopic (exact) mass is 268 g/mol. The summed E-state index contributed by atoms with van der Waals surface area (Å²) < 4.78 is 26.8. The zero-order valence-electron chi connectivity index (χ0n) is 10.6. The molecule has 0 aromatic heterocycles. The lowest BCUT2D eigenvalue weighted by atomic mass is 9.83. The summed E-state index contributed by atoms with van der Waals surface area (Å²) in [5.41, 5.74) is 7.30. The average molecular weight is 268 g/mol. The van der Waals surface area contributed by atoms with Gasteiger partial charge in [-0.15, -0.1) is 0 Å². The van der Waals surface area contributed by atoms with Gasteiger partial charge in [0.1, 0.15) is 0 Å². The van der Waals surface area contributed by atoms with Crippen LogP contribution < -0.4 is 10.5 Å². The largest absolute Gasteiger partial charge is 0.326 e. The second-order valence-corrected chi connectivity index (χ2v) is 6.88. The Morgan fingerprint density at radius 2 is 1.89 bits per heavy atom. The highest BCUT2D eigenvalue weighted by Gasteiger charge is 2.29. The number of hydrogen-bond acceptors (Lipinski definition) is 3. The second kappa shape index (κ2) is 5.38. The standard InChI is InChI=1S/C13H20N2O2S/c1-10-6-13(7-10)15-18(16,17)9-12-5-3-2-4-11(12)8-14/h2-5,10,13,15H,6-9,14H2,1H3. The number of hydrogen-bond donors (Lipinski definition) is 2. The molecule has 100 valence electrons. The molecule has 1 aromatic rings. The molecule has 0 bridgehead atoms. The van der Waals surface area contributed by atoms with Crippen LogP contribution in [0.25, 0.3) is 0 Å². The average Bonchev–Trinajstić information content (AvgIpc) is 2.27. The van der Waals surface area contributed by atoms with Crippen molar-refractivity contribution >= 4 is 10.0 Å². The molecular weight excluding hydrogens is 248 g/mol. The maximum Gasteiger partial charge on any atom is 0.216 e. The molecule has 4 nitrogen and oxygen atoms in total. The van der Waals surface area contributed by atoms with E-state index in [0.717, 1.165) is 24.0 Å². The molecule has 0 unspecified atom stereocenters. The molecular formula is C13H20N2O2S. The summed E-state index contributed by atoms with van der Waals surface area (Å²) in [5, 5.41) is 0. The van der Waals surface area contributed by atoms with Crippen LogP contribution >= 0.6 is 0 Å². The maximum absolute atomic E-state index is 12.0. The molecule has 1 aromatic carbocycles. The van der Waals surface area contributed by atoms with Crippen molar-refractivity contribution in [2.24, 2.45) is 11.7 Å². The number of nitrogens with two attached hydrogens (primary N) is 1. The Hall–Kier alpha value is -0.910. The van der Waals surface area contributed by atoms with Gasteiger partial charge in [-0.05, 0) is 29.9 Å². The zero-order chi connectivity index (χ0) is 13.2. The van der Waals surface area contributed by atoms with Gasteiger partial charge in [-0.1, -0.05) is 31.2 Å². The van der Waals surface area contributed by atoms with E-state index >= 15 is 0 Å². The minimum Gasteiger partial charge on any atom is -0.326 e. The number of benzene rings is 1. The van der Waals surface area contributed by atoms with Crippen molar-refractivity contribution in [3.8, 4) is 0 Å². The highest BCUT2D eigenvalue weighted by atomic mass is 32.2. The summed E-state index contributed by atoms with van der Waals surface area (Å²) in [4.78, 5) is 0. The van der Waals surface area contributed by atoms with E-state index in [1.165, 1.54) is 0 Å². The van der Waals surface area contributed by atoms with Crippen LogP contribution in [0.3, 0.4) is 0 Å². The van der Waals surface area contributed by atoms with E-state index in [9.17, 15) is 8.42 Å². The SMILES string of the molecule is CC1CC(NS(=O)(=O)Cc2ccccc2CN)C1. The van der Waals surface area contributed by atoms with E-state index in [-0.39, 0.29) is 11.8 Å². The van der Waals surface area contributed by atoms with E-state index in [0.29, 0.717) is 12.5 Å². The Morgan fingerprint density at radius 1 is 1.28 bits per heavy atom. The maximum atomic E-state index is 12.0. The molecule has 1 aliphatic rings. The molecule has 1 aliphatic carbocycles. The summed E-state index contributed by atoms with van der Waals surface area (Å²) in [6.07, 6.45) is 1.88. The lowest BCUT2D eigenvalue weighted by Crippen LogP contribution is -2.43. The predicted molar refractivity (Wildman–Crippen MR) is 72.3 cm³/mol. The molecule has 18 heavy (non-hydrogen) atoms. The summed E-state index contributed by atoms with van der Waals surface area (Å²) in [6, 6.07) is 7.53. The molecule has 0 amide bonds. The van der Waals surface area contributed by atoms with Gasteiger partial charge in [-0.2, -0.15) is 0 Å². The van der Waals surface area contributed by atoms with Gasteiger partial charge in [0.05, 0.1) is 5.75 Å². The fourth-order valence-electron chi connectivity index (χ4n) is 2.40. The first-order valence-electron chi connectivity index (χ1n) is 6.27. The van der Waals surface area contributed by atoms with Gasteiger partial charge in [0.2, 0.25) is 10.0 Å². The lowest BCUT2D eigenvalue weighted by molar-refractivity contribution is 0.270. The first kappa shape index (κ1) is 13.5. The number of sulfonamides is 1. The van der Waals surface area contributed by atoms with E-state index in [4.69, 9.17) is 5.73 Å². The van der Waals surface area contributed by atoms with Gasteiger partial charge in [0.15, 0.2) is 0 Å². The van der Waals surface area contributed by atoms with Crippen molar-refractivity contribution in [2.45, 2.75) is 38.1 Å². The van der Waals surface area contributed by atoms with E-state index < -0.39 is 10.0 Å². The van der Waals surface area contributed by atoms with Gasteiger partial charge in [0, 0.05) is 12.6 Å². The normalized spacial score (nSPS) is 23.7. The third-order valence-electron chi connectivity index (χ3n) is 3.40. The van der Waals surface area contributed by atoms with Crippen molar-refractivity contribution in [3.63, 3.8) is 0 Å². The summed E-state index contributed by atoms with van der Waals surface area (Å²) in [7, 11) is -3.26. The molecule has 1 saturated carbocycles. The van der Waals surface area contributed by atoms with Crippen LogP contribution in [0.2, 0.25) is 0 Å². The Morgan fingerprint density at radius 3 is 2.44 bits per heavy atom. The van der Waals surface area contributed by atoms with Gasteiger partial charge < -0.3 is 5.73 Å². The fourth-order valence-corrected chi connectivity index (χ4v) is 3.87. The topological polar surface area (TPSA) is 72.2 Å². The van der Waals surface area contributed by atoms with Crippen molar-refractivity contribution < 1.29 is 8.42 Å². The first-order valence-corrected chi connectivity index (χ1v) is 7.92. The predicted octanol–water partition coefficient (Wildman–Crippen LogP) is 1.36. The summed E-state index contributed by atoms with van der Waals surface area (Å²) >= 11 is 0. The third kappa shape index (κ3) is 3.31. The van der Waals surface area contributed by atoms with E-state index in [1.807, 2.05) is 24.3 Å². The zero-order valence-corrected chi connectivity index (χ0v) is 11.4. The molecule has 0 saturated heterocycles. The Kier molecular flexibility index (Phi) is 4.04. The molecule has 0 spiro atoms. The van der Waals surface area contributed by atoms with Gasteiger partial charge >= 0.3 is 0 Å². The molecule has 0 atom stereocenters. The third-order valence-corrected chi connectivity index (χ3v) is 4.79. The highest BCUT2D eigenvalue weighted by molar-refractivity contribution is 7.88. The summed E-state index contributed by atoms with van der Waals surface area (Å²) in [6.45, 7) is 2.50. The number of nitrogens with one attached hydrogen (secondary N) is 1. The fraction of sp³-hybridized carbons (Fsp3) is 0.538. The van der Waals surface area contributed by atoms with Crippen LogP contribution in [-0.4, -0.2) is 14.5 Å². The van der Waals surface area contributed by atoms with Crippen LogP contribution in [-0.2, 0) is 22.3 Å². The molecule has 1 fully saturated rings. The van der Waals surface area contributed by atoms with E-state index in [2.05, 4.69) is 11.6 Å². The van der Waals surface area contributed by atoms with Crippen LogP contribution in [0.5, 0.6) is 0 Å². The van der Waals surface area contributed by atoms with Gasteiger partial charge in [0.25, 0.3) is 0 Å². The second-order valence-electron chi connectivity index (χ2n) is 5.12. The molecule has 0 radical (unpaired) electrons. The molecule has 0 aliphatic heterocycles. The first-order chi connectivity index (χ1) is 8.50. The van der Waals surface area contributed by atoms with Gasteiger partial charge in [-0.3, -0.25) is 0 Å². The minimum atomic E-state index is -3.26. The molecule has 5 heteroatoms. The molecule has 3 N–H and O–H groups in total. The van der Waals surface area contributed by atoms with Gasteiger partial charge in [-0.25, -0.2) is 13.1 Å². The minimum absolute atomic E-state index is 0.0191.